The first kappa shape index (κ1) is 14.4. The average Bonchev–Trinajstić information content (AvgIpc) is 3.02. The van der Waals surface area contributed by atoms with Crippen LogP contribution in [0.5, 0.6) is 11.5 Å². The van der Waals surface area contributed by atoms with E-state index in [2.05, 4.69) is 5.32 Å². The second-order valence-corrected chi connectivity index (χ2v) is 5.64. The fourth-order valence-electron chi connectivity index (χ4n) is 2.77. The quantitative estimate of drug-likeness (QED) is 0.878. The molecule has 1 aliphatic carbocycles. The number of hydrogen-bond donors (Lipinski definition) is 2. The van der Waals surface area contributed by atoms with E-state index in [-0.39, 0.29) is 0 Å². The van der Waals surface area contributed by atoms with Crippen LogP contribution in [0.4, 0.5) is 5.69 Å². The van der Waals surface area contributed by atoms with Crippen LogP contribution >= 0.6 is 0 Å². The lowest BCUT2D eigenvalue weighted by atomic mass is 10.2. The molecule has 0 aliphatic heterocycles. The topological polar surface area (TPSA) is 64.4 Å². The predicted octanol–water partition coefficient (Wildman–Crippen LogP) is 3.93. The first-order valence-corrected chi connectivity index (χ1v) is 7.65. The van der Waals surface area contributed by atoms with Crippen LogP contribution in [0.25, 0.3) is 0 Å². The molecule has 0 atom stereocenters. The van der Waals surface area contributed by atoms with Gasteiger partial charge in [-0.25, -0.2) is 0 Å². The predicted molar refractivity (Wildman–Crippen MR) is 87.4 cm³/mol. The molecule has 1 amide bonds. The molecule has 22 heavy (non-hydrogen) atoms. The molecule has 1 fully saturated rings. The van der Waals surface area contributed by atoms with Gasteiger partial charge in [0.15, 0.2) is 0 Å². The smallest absolute Gasteiger partial charge is 0.248 e. The normalized spacial score (nSPS) is 14.7. The van der Waals surface area contributed by atoms with E-state index in [0.717, 1.165) is 11.4 Å². The highest BCUT2D eigenvalue weighted by Crippen LogP contribution is 2.26. The zero-order valence-corrected chi connectivity index (χ0v) is 12.4. The molecule has 0 heterocycles. The highest BCUT2D eigenvalue weighted by molar-refractivity contribution is 5.93. The average molecular weight is 296 g/mol. The number of carbonyl (C=O) groups excluding carboxylic acids is 1. The number of ether oxygens (including phenoxy) is 1. The summed E-state index contributed by atoms with van der Waals surface area (Å²) < 4.78 is 5.76. The molecule has 2 aromatic carbocycles. The van der Waals surface area contributed by atoms with Crippen LogP contribution in [0, 0.1) is 0 Å². The Balaban J connectivity index is 1.65. The van der Waals surface area contributed by atoms with Crippen molar-refractivity contribution in [1.82, 2.24) is 0 Å². The van der Waals surface area contributed by atoms with Crippen molar-refractivity contribution in [2.45, 2.75) is 31.7 Å². The Hall–Kier alpha value is -2.49. The Kier molecular flexibility index (Phi) is 4.28. The molecule has 4 heteroatoms. The van der Waals surface area contributed by atoms with Crippen LogP contribution < -0.4 is 15.8 Å². The second-order valence-electron chi connectivity index (χ2n) is 5.64. The molecular weight excluding hydrogens is 276 g/mol. The molecule has 3 rings (SSSR count). The van der Waals surface area contributed by atoms with Gasteiger partial charge in [0.05, 0.1) is 0 Å². The number of nitrogens with two attached hydrogens (primary N) is 1. The fraction of sp³-hybridized carbons (Fsp3) is 0.278. The molecule has 3 N–H and O–H groups in total. The minimum atomic E-state index is -0.457. The summed E-state index contributed by atoms with van der Waals surface area (Å²) in [6.07, 6.45) is 5.13. The molecule has 0 unspecified atom stereocenters. The molecule has 0 aromatic heterocycles. The highest BCUT2D eigenvalue weighted by atomic mass is 16.5. The third kappa shape index (κ3) is 3.58. The number of carbonyl (C=O) groups is 1. The summed E-state index contributed by atoms with van der Waals surface area (Å²) in [4.78, 5) is 11.2. The van der Waals surface area contributed by atoms with E-state index in [1.54, 1.807) is 24.3 Å². The van der Waals surface area contributed by atoms with Crippen LogP contribution in [0.1, 0.15) is 36.0 Å². The van der Waals surface area contributed by atoms with Gasteiger partial charge < -0.3 is 15.8 Å². The zero-order chi connectivity index (χ0) is 15.4. The Morgan fingerprint density at radius 2 is 1.77 bits per heavy atom. The largest absolute Gasteiger partial charge is 0.457 e. The van der Waals surface area contributed by atoms with Crippen molar-refractivity contribution < 1.29 is 9.53 Å². The lowest BCUT2D eigenvalue weighted by molar-refractivity contribution is 0.1000. The molecular formula is C18H20N2O2. The summed E-state index contributed by atoms with van der Waals surface area (Å²) in [6, 6.07) is 15.4. The molecule has 0 radical (unpaired) electrons. The number of anilines is 1. The van der Waals surface area contributed by atoms with Crippen molar-refractivity contribution in [1.29, 1.82) is 0 Å². The van der Waals surface area contributed by atoms with E-state index in [1.807, 2.05) is 24.3 Å². The molecule has 1 saturated carbocycles. The van der Waals surface area contributed by atoms with Gasteiger partial charge in [0.1, 0.15) is 11.5 Å². The van der Waals surface area contributed by atoms with E-state index in [1.165, 1.54) is 25.7 Å². The van der Waals surface area contributed by atoms with E-state index >= 15 is 0 Å². The van der Waals surface area contributed by atoms with Crippen LogP contribution in [0.3, 0.4) is 0 Å². The van der Waals surface area contributed by atoms with Crippen LogP contribution in [0.2, 0.25) is 0 Å². The minimum Gasteiger partial charge on any atom is -0.457 e. The van der Waals surface area contributed by atoms with Gasteiger partial charge in [-0.15, -0.1) is 0 Å². The van der Waals surface area contributed by atoms with Crippen molar-refractivity contribution in [3.63, 3.8) is 0 Å². The number of hydrogen-bond acceptors (Lipinski definition) is 3. The van der Waals surface area contributed by atoms with Crippen LogP contribution in [-0.4, -0.2) is 11.9 Å². The van der Waals surface area contributed by atoms with Crippen molar-refractivity contribution in [3.05, 3.63) is 54.1 Å². The lowest BCUT2D eigenvalue weighted by Gasteiger charge is -2.14. The minimum absolute atomic E-state index is 0.442. The van der Waals surface area contributed by atoms with Crippen LogP contribution in [0.15, 0.2) is 48.5 Å². The van der Waals surface area contributed by atoms with E-state index in [0.29, 0.717) is 17.4 Å². The van der Waals surface area contributed by atoms with Crippen molar-refractivity contribution >= 4 is 11.6 Å². The Morgan fingerprint density at radius 3 is 2.45 bits per heavy atom. The Bertz CT molecular complexity index is 646. The Labute approximate surface area is 130 Å². The molecule has 114 valence electrons. The number of amides is 1. The molecule has 0 bridgehead atoms. The van der Waals surface area contributed by atoms with Gasteiger partial charge >= 0.3 is 0 Å². The third-order valence-corrected chi connectivity index (χ3v) is 3.93. The summed E-state index contributed by atoms with van der Waals surface area (Å²) in [5, 5.41) is 3.54. The first-order chi connectivity index (χ1) is 10.7. The maximum absolute atomic E-state index is 11.2. The molecule has 0 spiro atoms. The summed E-state index contributed by atoms with van der Waals surface area (Å²) in [6.45, 7) is 0. The lowest BCUT2D eigenvalue weighted by Crippen LogP contribution is -2.14. The van der Waals surface area contributed by atoms with Crippen molar-refractivity contribution in [3.8, 4) is 11.5 Å². The maximum Gasteiger partial charge on any atom is 0.248 e. The number of rotatable bonds is 5. The van der Waals surface area contributed by atoms with Gasteiger partial charge in [-0.05, 0) is 55.3 Å². The summed E-state index contributed by atoms with van der Waals surface area (Å²) in [7, 11) is 0. The van der Waals surface area contributed by atoms with Gasteiger partial charge in [0.2, 0.25) is 5.91 Å². The molecule has 0 saturated heterocycles. The molecule has 1 aliphatic rings. The van der Waals surface area contributed by atoms with Gasteiger partial charge in [-0.2, -0.15) is 0 Å². The number of primary amides is 1. The van der Waals surface area contributed by atoms with Crippen molar-refractivity contribution in [2.24, 2.45) is 5.73 Å². The van der Waals surface area contributed by atoms with Gasteiger partial charge in [0, 0.05) is 17.3 Å². The van der Waals surface area contributed by atoms with Crippen molar-refractivity contribution in [2.75, 3.05) is 5.32 Å². The summed E-state index contributed by atoms with van der Waals surface area (Å²) >= 11 is 0. The monoisotopic (exact) mass is 296 g/mol. The summed E-state index contributed by atoms with van der Waals surface area (Å²) in [5.74, 6) is 0.882. The van der Waals surface area contributed by atoms with E-state index < -0.39 is 5.91 Å². The van der Waals surface area contributed by atoms with E-state index in [4.69, 9.17) is 10.5 Å². The number of nitrogens with one attached hydrogen (secondary N) is 1. The maximum atomic E-state index is 11.2. The zero-order valence-electron chi connectivity index (χ0n) is 12.4. The SMILES string of the molecule is NC(=O)c1cccc(Oc2ccc(NC3CCCC3)cc2)c1. The number of benzene rings is 2. The molecule has 4 nitrogen and oxygen atoms in total. The summed E-state index contributed by atoms with van der Waals surface area (Å²) in [5.41, 5.74) is 6.83. The highest BCUT2D eigenvalue weighted by Gasteiger charge is 2.14. The van der Waals surface area contributed by atoms with Gasteiger partial charge in [0.25, 0.3) is 0 Å². The standard InChI is InChI=1S/C18H20N2O2/c19-18(21)13-4-3-7-17(12-13)22-16-10-8-15(9-11-16)20-14-5-1-2-6-14/h3-4,7-12,14,20H,1-2,5-6H2,(H2,19,21). The van der Waals surface area contributed by atoms with Gasteiger partial charge in [-0.3, -0.25) is 4.79 Å². The van der Waals surface area contributed by atoms with Gasteiger partial charge in [-0.1, -0.05) is 18.9 Å². The van der Waals surface area contributed by atoms with E-state index in [9.17, 15) is 4.79 Å². The van der Waals surface area contributed by atoms with Crippen LogP contribution in [-0.2, 0) is 0 Å². The fourth-order valence-corrected chi connectivity index (χ4v) is 2.77. The third-order valence-electron chi connectivity index (χ3n) is 3.93. The Morgan fingerprint density at radius 1 is 1.05 bits per heavy atom. The second kappa shape index (κ2) is 6.52. The molecule has 2 aromatic rings. The first-order valence-electron chi connectivity index (χ1n) is 7.65.